The van der Waals surface area contributed by atoms with Crippen LogP contribution >= 0.6 is 11.8 Å². The van der Waals surface area contributed by atoms with Gasteiger partial charge in [-0.3, -0.25) is 4.79 Å². The maximum atomic E-state index is 13.4. The molecule has 1 aromatic rings. The molecule has 0 heterocycles. The number of carbonyl (C=O) groups excluding carboxylic acids is 1. The Morgan fingerprint density at radius 1 is 1.56 bits per heavy atom. The summed E-state index contributed by atoms with van der Waals surface area (Å²) in [6.07, 6.45) is 0. The molecule has 0 aliphatic heterocycles. The Labute approximate surface area is 108 Å². The van der Waals surface area contributed by atoms with E-state index in [1.807, 2.05) is 6.07 Å². The maximum Gasteiger partial charge on any atom is 0.230 e. The molecule has 0 spiro atoms. The summed E-state index contributed by atoms with van der Waals surface area (Å²) in [5.41, 5.74) is 0.232. The Balaban J connectivity index is 2.57. The first-order valence-electron chi connectivity index (χ1n) is 5.23. The highest BCUT2D eigenvalue weighted by Gasteiger charge is 2.14. The molecule has 0 saturated carbocycles. The molecule has 1 aromatic carbocycles. The van der Waals surface area contributed by atoms with Gasteiger partial charge in [-0.1, -0.05) is 6.07 Å². The minimum Gasteiger partial charge on any atom is -0.349 e. The van der Waals surface area contributed by atoms with Gasteiger partial charge in [-0.05, 0) is 13.0 Å². The van der Waals surface area contributed by atoms with E-state index in [2.05, 4.69) is 5.32 Å². The molecule has 0 bridgehead atoms. The number of hydrogen-bond donors (Lipinski definition) is 1. The van der Waals surface area contributed by atoms with Crippen molar-refractivity contribution in [2.75, 3.05) is 11.5 Å². The molecule has 1 atom stereocenters. The van der Waals surface area contributed by atoms with E-state index >= 15 is 0 Å². The minimum atomic E-state index is -0.688. The van der Waals surface area contributed by atoms with Crippen LogP contribution in [-0.4, -0.2) is 17.4 Å². The van der Waals surface area contributed by atoms with Crippen LogP contribution in [0.15, 0.2) is 18.2 Å². The van der Waals surface area contributed by atoms with E-state index in [1.165, 1.54) is 17.8 Å². The van der Waals surface area contributed by atoms with E-state index in [9.17, 15) is 13.6 Å². The lowest BCUT2D eigenvalue weighted by molar-refractivity contribution is -0.119. The standard InChI is InChI=1S/C12H12F2N2OS/c1-8(16-12(17)7-18-5-4-15)10-3-2-9(13)6-11(10)14/h2-3,6,8H,5,7H2,1H3,(H,16,17). The average molecular weight is 270 g/mol. The van der Waals surface area contributed by atoms with Crippen LogP contribution in [0.3, 0.4) is 0 Å². The van der Waals surface area contributed by atoms with Crippen molar-refractivity contribution in [3.05, 3.63) is 35.4 Å². The van der Waals surface area contributed by atoms with Crippen molar-refractivity contribution < 1.29 is 13.6 Å². The number of nitrogens with one attached hydrogen (secondary N) is 1. The van der Waals surface area contributed by atoms with E-state index in [0.29, 0.717) is 0 Å². The molecule has 1 rings (SSSR count). The predicted octanol–water partition coefficient (Wildman–Crippen LogP) is 2.40. The van der Waals surface area contributed by atoms with E-state index in [0.717, 1.165) is 12.1 Å². The molecule has 18 heavy (non-hydrogen) atoms. The summed E-state index contributed by atoms with van der Waals surface area (Å²) in [5.74, 6) is -1.26. The normalized spacial score (nSPS) is 11.7. The second-order valence-corrected chi connectivity index (χ2v) is 4.59. The Morgan fingerprint density at radius 2 is 2.28 bits per heavy atom. The molecule has 0 aliphatic carbocycles. The minimum absolute atomic E-state index is 0.140. The van der Waals surface area contributed by atoms with E-state index in [-0.39, 0.29) is 23.0 Å². The summed E-state index contributed by atoms with van der Waals surface area (Å²) in [6, 6.07) is 4.59. The molecule has 1 unspecified atom stereocenters. The number of hydrogen-bond acceptors (Lipinski definition) is 3. The fraction of sp³-hybridized carbons (Fsp3) is 0.333. The maximum absolute atomic E-state index is 13.4. The molecule has 0 aliphatic rings. The molecule has 0 aromatic heterocycles. The lowest BCUT2D eigenvalue weighted by Gasteiger charge is -2.14. The van der Waals surface area contributed by atoms with Gasteiger partial charge in [0.25, 0.3) is 0 Å². The largest absolute Gasteiger partial charge is 0.349 e. The van der Waals surface area contributed by atoms with E-state index in [4.69, 9.17) is 5.26 Å². The monoisotopic (exact) mass is 270 g/mol. The summed E-state index contributed by atoms with van der Waals surface area (Å²) in [6.45, 7) is 1.61. The summed E-state index contributed by atoms with van der Waals surface area (Å²) < 4.78 is 26.1. The molecular weight excluding hydrogens is 258 g/mol. The van der Waals surface area contributed by atoms with Crippen molar-refractivity contribution >= 4 is 17.7 Å². The molecule has 1 N–H and O–H groups in total. The Bertz CT molecular complexity index is 474. The zero-order valence-electron chi connectivity index (χ0n) is 9.74. The number of nitriles is 1. The van der Waals surface area contributed by atoms with Crippen LogP contribution in [0.1, 0.15) is 18.5 Å². The number of halogens is 2. The number of benzene rings is 1. The van der Waals surface area contributed by atoms with Crippen LogP contribution in [0, 0.1) is 23.0 Å². The van der Waals surface area contributed by atoms with Crippen molar-refractivity contribution in [3.8, 4) is 6.07 Å². The number of thioether (sulfide) groups is 1. The first-order valence-corrected chi connectivity index (χ1v) is 6.39. The van der Waals surface area contributed by atoms with Crippen molar-refractivity contribution in [2.45, 2.75) is 13.0 Å². The third kappa shape index (κ3) is 4.34. The predicted molar refractivity (Wildman–Crippen MR) is 65.9 cm³/mol. The fourth-order valence-electron chi connectivity index (χ4n) is 1.40. The molecule has 96 valence electrons. The van der Waals surface area contributed by atoms with Crippen molar-refractivity contribution in [2.24, 2.45) is 0 Å². The average Bonchev–Trinajstić information content (AvgIpc) is 2.28. The van der Waals surface area contributed by atoms with Crippen LogP contribution in [0.5, 0.6) is 0 Å². The third-order valence-electron chi connectivity index (χ3n) is 2.21. The van der Waals surface area contributed by atoms with E-state index < -0.39 is 17.7 Å². The van der Waals surface area contributed by atoms with E-state index in [1.54, 1.807) is 6.92 Å². The van der Waals surface area contributed by atoms with Gasteiger partial charge >= 0.3 is 0 Å². The first-order chi connectivity index (χ1) is 8.54. The van der Waals surface area contributed by atoms with Crippen LogP contribution in [0.4, 0.5) is 8.78 Å². The molecule has 3 nitrogen and oxygen atoms in total. The lowest BCUT2D eigenvalue weighted by Crippen LogP contribution is -2.28. The van der Waals surface area contributed by atoms with Gasteiger partial charge in [0, 0.05) is 11.6 Å². The van der Waals surface area contributed by atoms with Crippen molar-refractivity contribution in [3.63, 3.8) is 0 Å². The molecule has 0 radical (unpaired) electrons. The summed E-state index contributed by atoms with van der Waals surface area (Å²) in [4.78, 5) is 11.4. The van der Waals surface area contributed by atoms with Gasteiger partial charge in [-0.15, -0.1) is 11.8 Å². The molecular formula is C12H12F2N2OS. The summed E-state index contributed by atoms with van der Waals surface area (Å²) in [5, 5.41) is 10.9. The Morgan fingerprint density at radius 3 is 2.89 bits per heavy atom. The van der Waals surface area contributed by atoms with Gasteiger partial charge < -0.3 is 5.32 Å². The van der Waals surface area contributed by atoms with Crippen LogP contribution in [0.25, 0.3) is 0 Å². The molecule has 1 amide bonds. The van der Waals surface area contributed by atoms with Gasteiger partial charge in [0.15, 0.2) is 0 Å². The SMILES string of the molecule is CC(NC(=O)CSCC#N)c1ccc(F)cc1F. The highest BCUT2D eigenvalue weighted by atomic mass is 32.2. The molecule has 0 fully saturated rings. The number of carbonyl (C=O) groups is 1. The van der Waals surface area contributed by atoms with Crippen molar-refractivity contribution in [1.82, 2.24) is 5.32 Å². The molecule has 0 saturated heterocycles. The Kier molecular flexibility index (Phi) is 5.59. The van der Waals surface area contributed by atoms with Gasteiger partial charge in [0.1, 0.15) is 11.6 Å². The smallest absolute Gasteiger partial charge is 0.230 e. The zero-order valence-corrected chi connectivity index (χ0v) is 10.6. The second-order valence-electron chi connectivity index (χ2n) is 3.61. The topological polar surface area (TPSA) is 52.9 Å². The summed E-state index contributed by atoms with van der Waals surface area (Å²) in [7, 11) is 0. The lowest BCUT2D eigenvalue weighted by atomic mass is 10.1. The highest BCUT2D eigenvalue weighted by Crippen LogP contribution is 2.17. The second kappa shape index (κ2) is 6.97. The zero-order chi connectivity index (χ0) is 13.5. The number of rotatable bonds is 5. The van der Waals surface area contributed by atoms with Gasteiger partial charge in [-0.25, -0.2) is 8.78 Å². The highest BCUT2D eigenvalue weighted by molar-refractivity contribution is 8.00. The number of amides is 1. The summed E-state index contributed by atoms with van der Waals surface area (Å²) >= 11 is 1.18. The van der Waals surface area contributed by atoms with Gasteiger partial charge in [-0.2, -0.15) is 5.26 Å². The molecule has 6 heteroatoms. The van der Waals surface area contributed by atoms with Crippen LogP contribution < -0.4 is 5.32 Å². The van der Waals surface area contributed by atoms with Crippen LogP contribution in [-0.2, 0) is 4.79 Å². The van der Waals surface area contributed by atoms with Gasteiger partial charge in [0.05, 0.1) is 23.6 Å². The Hall–Kier alpha value is -1.61. The fourth-order valence-corrected chi connectivity index (χ4v) is 1.87. The quantitative estimate of drug-likeness (QED) is 0.836. The van der Waals surface area contributed by atoms with Crippen LogP contribution in [0.2, 0.25) is 0 Å². The number of nitrogens with zero attached hydrogens (tertiary/aromatic N) is 1. The first kappa shape index (κ1) is 14.5. The van der Waals surface area contributed by atoms with Crippen molar-refractivity contribution in [1.29, 1.82) is 5.26 Å². The van der Waals surface area contributed by atoms with Gasteiger partial charge in [0.2, 0.25) is 5.91 Å². The third-order valence-corrected chi connectivity index (χ3v) is 3.01.